The number of methoxy groups -OCH3 is 1. The third kappa shape index (κ3) is 16.6. The lowest BCUT2D eigenvalue weighted by Crippen LogP contribution is -2.02. The van der Waals surface area contributed by atoms with E-state index in [9.17, 15) is 4.79 Å². The summed E-state index contributed by atoms with van der Waals surface area (Å²) in [7, 11) is 1.64. The van der Waals surface area contributed by atoms with Gasteiger partial charge in [0, 0.05) is 6.08 Å². The smallest absolute Gasteiger partial charge is 0.330 e. The first-order valence-corrected chi connectivity index (χ1v) is 12.7. The minimum absolute atomic E-state index is 0.267. The van der Waals surface area contributed by atoms with Gasteiger partial charge < -0.3 is 9.47 Å². The van der Waals surface area contributed by atoms with Crippen LogP contribution < -0.4 is 4.74 Å². The number of carbonyl (C=O) groups excluding carboxylic acids is 1. The lowest BCUT2D eigenvalue weighted by molar-refractivity contribution is -0.137. The zero-order chi connectivity index (χ0) is 22.4. The Kier molecular flexibility index (Phi) is 17.7. The number of rotatable bonds is 20. The van der Waals surface area contributed by atoms with Crippen LogP contribution >= 0.6 is 0 Å². The summed E-state index contributed by atoms with van der Waals surface area (Å²) in [5, 5.41) is 0. The van der Waals surface area contributed by atoms with Crippen LogP contribution in [0.25, 0.3) is 6.08 Å². The first-order chi connectivity index (χ1) is 15.3. The lowest BCUT2D eigenvalue weighted by atomic mass is 10.0. The summed E-state index contributed by atoms with van der Waals surface area (Å²) in [6, 6.07) is 7.58. The number of benzene rings is 1. The van der Waals surface area contributed by atoms with Gasteiger partial charge in [-0.2, -0.15) is 0 Å². The van der Waals surface area contributed by atoms with E-state index in [4.69, 9.17) is 9.47 Å². The molecular formula is C28H46O3. The fourth-order valence-corrected chi connectivity index (χ4v) is 3.75. The van der Waals surface area contributed by atoms with E-state index in [0.717, 1.165) is 24.2 Å². The van der Waals surface area contributed by atoms with Crippen LogP contribution in [0.4, 0.5) is 0 Å². The number of ether oxygens (including phenoxy) is 2. The Labute approximate surface area is 191 Å². The molecule has 1 aromatic carbocycles. The van der Waals surface area contributed by atoms with E-state index in [1.165, 1.54) is 96.0 Å². The van der Waals surface area contributed by atoms with Crippen molar-refractivity contribution in [2.75, 3.05) is 13.7 Å². The third-order valence-corrected chi connectivity index (χ3v) is 5.77. The van der Waals surface area contributed by atoms with Gasteiger partial charge in [0.25, 0.3) is 0 Å². The van der Waals surface area contributed by atoms with E-state index in [0.29, 0.717) is 6.61 Å². The Morgan fingerprint density at radius 1 is 0.710 bits per heavy atom. The van der Waals surface area contributed by atoms with Gasteiger partial charge in [-0.15, -0.1) is 0 Å². The van der Waals surface area contributed by atoms with Gasteiger partial charge in [-0.25, -0.2) is 4.79 Å². The Morgan fingerprint density at radius 2 is 1.16 bits per heavy atom. The number of hydrogen-bond acceptors (Lipinski definition) is 3. The summed E-state index contributed by atoms with van der Waals surface area (Å²) in [5.74, 6) is 0.542. The summed E-state index contributed by atoms with van der Waals surface area (Å²) < 4.78 is 10.4. The van der Waals surface area contributed by atoms with Crippen LogP contribution in [0.5, 0.6) is 5.75 Å². The molecule has 0 heterocycles. The fraction of sp³-hybridized carbons (Fsp3) is 0.679. The van der Waals surface area contributed by atoms with E-state index < -0.39 is 0 Å². The minimum Gasteiger partial charge on any atom is -0.497 e. The molecule has 0 amide bonds. The summed E-state index contributed by atoms with van der Waals surface area (Å²) in [4.78, 5) is 11.8. The van der Waals surface area contributed by atoms with Gasteiger partial charge in [-0.3, -0.25) is 0 Å². The summed E-state index contributed by atoms with van der Waals surface area (Å²) in [5.41, 5.74) is 0.958. The second kappa shape index (κ2) is 20.2. The first-order valence-electron chi connectivity index (χ1n) is 12.7. The fourth-order valence-electron chi connectivity index (χ4n) is 3.75. The molecule has 0 atom stereocenters. The van der Waals surface area contributed by atoms with E-state index in [1.54, 1.807) is 13.2 Å². The standard InChI is InChI=1S/C28H46O3/c1-3-4-5-6-7-8-9-10-11-12-13-14-15-16-17-18-25-31-28(29)24-21-26-19-22-27(30-2)23-20-26/h19-24H,3-18,25H2,1-2H3/b24-21+. The second-order valence-electron chi connectivity index (χ2n) is 8.58. The predicted octanol–water partition coefficient (Wildman–Crippen LogP) is 8.51. The van der Waals surface area contributed by atoms with Gasteiger partial charge in [0.1, 0.15) is 5.75 Å². The highest BCUT2D eigenvalue weighted by Crippen LogP contribution is 2.14. The molecular weight excluding hydrogens is 384 g/mol. The second-order valence-corrected chi connectivity index (χ2v) is 8.58. The van der Waals surface area contributed by atoms with Crippen molar-refractivity contribution in [1.29, 1.82) is 0 Å². The Morgan fingerprint density at radius 3 is 1.61 bits per heavy atom. The molecule has 0 N–H and O–H groups in total. The molecule has 0 fully saturated rings. The van der Waals surface area contributed by atoms with Crippen LogP contribution in [0.1, 0.15) is 115 Å². The molecule has 0 saturated heterocycles. The van der Waals surface area contributed by atoms with E-state index in [1.807, 2.05) is 24.3 Å². The maximum atomic E-state index is 11.8. The van der Waals surface area contributed by atoms with Crippen LogP contribution in [-0.4, -0.2) is 19.7 Å². The SMILES string of the molecule is CCCCCCCCCCCCCCCCCCOC(=O)/C=C/c1ccc(OC)cc1. The predicted molar refractivity (Wildman–Crippen MR) is 133 cm³/mol. The molecule has 3 heteroatoms. The zero-order valence-electron chi connectivity index (χ0n) is 20.2. The molecule has 0 radical (unpaired) electrons. The van der Waals surface area contributed by atoms with Gasteiger partial charge >= 0.3 is 5.97 Å². The van der Waals surface area contributed by atoms with Crippen molar-refractivity contribution >= 4 is 12.0 Å². The lowest BCUT2D eigenvalue weighted by Gasteiger charge is -2.04. The highest BCUT2D eigenvalue weighted by atomic mass is 16.5. The first kappa shape index (κ1) is 27.3. The Hall–Kier alpha value is -1.77. The van der Waals surface area contributed by atoms with Gasteiger partial charge in [0.2, 0.25) is 0 Å². The molecule has 3 nitrogen and oxygen atoms in total. The van der Waals surface area contributed by atoms with Crippen LogP contribution in [0.2, 0.25) is 0 Å². The molecule has 1 rings (SSSR count). The molecule has 0 aliphatic rings. The van der Waals surface area contributed by atoms with Gasteiger partial charge in [0.15, 0.2) is 0 Å². The molecule has 0 aromatic heterocycles. The average Bonchev–Trinajstić information content (AvgIpc) is 2.80. The van der Waals surface area contributed by atoms with Gasteiger partial charge in [-0.1, -0.05) is 115 Å². The average molecular weight is 431 g/mol. The maximum absolute atomic E-state index is 11.8. The molecule has 0 spiro atoms. The van der Waals surface area contributed by atoms with Crippen LogP contribution in [0, 0.1) is 0 Å². The normalized spacial score (nSPS) is 11.2. The molecule has 0 aliphatic heterocycles. The molecule has 0 unspecified atom stereocenters. The van der Waals surface area contributed by atoms with E-state index in [2.05, 4.69) is 6.92 Å². The van der Waals surface area contributed by atoms with Crippen molar-refractivity contribution in [2.45, 2.75) is 110 Å². The zero-order valence-corrected chi connectivity index (χ0v) is 20.2. The molecule has 1 aromatic rings. The largest absolute Gasteiger partial charge is 0.497 e. The molecule has 31 heavy (non-hydrogen) atoms. The number of esters is 1. The quantitative estimate of drug-likeness (QED) is 0.118. The highest BCUT2D eigenvalue weighted by molar-refractivity contribution is 5.87. The molecule has 0 aliphatic carbocycles. The topological polar surface area (TPSA) is 35.5 Å². The van der Waals surface area contributed by atoms with Crippen LogP contribution in [-0.2, 0) is 9.53 Å². The van der Waals surface area contributed by atoms with Crippen molar-refractivity contribution in [3.8, 4) is 5.75 Å². The summed E-state index contributed by atoms with van der Waals surface area (Å²) in [6.45, 7) is 2.80. The van der Waals surface area contributed by atoms with E-state index in [-0.39, 0.29) is 5.97 Å². The van der Waals surface area contributed by atoms with Crippen molar-refractivity contribution in [2.24, 2.45) is 0 Å². The van der Waals surface area contributed by atoms with Crippen LogP contribution in [0.3, 0.4) is 0 Å². The number of unbranched alkanes of at least 4 members (excludes halogenated alkanes) is 15. The van der Waals surface area contributed by atoms with Gasteiger partial charge in [-0.05, 0) is 30.2 Å². The van der Waals surface area contributed by atoms with Crippen molar-refractivity contribution < 1.29 is 14.3 Å². The van der Waals surface area contributed by atoms with Crippen molar-refractivity contribution in [3.63, 3.8) is 0 Å². The minimum atomic E-state index is -0.267. The van der Waals surface area contributed by atoms with Crippen molar-refractivity contribution in [3.05, 3.63) is 35.9 Å². The van der Waals surface area contributed by atoms with Crippen molar-refractivity contribution in [1.82, 2.24) is 0 Å². The van der Waals surface area contributed by atoms with Gasteiger partial charge in [0.05, 0.1) is 13.7 Å². The highest BCUT2D eigenvalue weighted by Gasteiger charge is 1.98. The number of hydrogen-bond donors (Lipinski definition) is 0. The maximum Gasteiger partial charge on any atom is 0.330 e. The molecule has 176 valence electrons. The summed E-state index contributed by atoms with van der Waals surface area (Å²) >= 11 is 0. The third-order valence-electron chi connectivity index (χ3n) is 5.77. The Balaban J connectivity index is 1.83. The monoisotopic (exact) mass is 430 g/mol. The summed E-state index contributed by atoms with van der Waals surface area (Å²) in [6.07, 6.45) is 24.8. The molecule has 0 saturated carbocycles. The molecule has 0 bridgehead atoms. The van der Waals surface area contributed by atoms with Crippen LogP contribution in [0.15, 0.2) is 30.3 Å². The Bertz CT molecular complexity index is 562. The van der Waals surface area contributed by atoms with E-state index >= 15 is 0 Å². The number of carbonyl (C=O) groups is 1.